The number of rotatable bonds is 3. The van der Waals surface area contributed by atoms with Gasteiger partial charge in [0.1, 0.15) is 0 Å². The Kier molecular flexibility index (Phi) is 2.86. The van der Waals surface area contributed by atoms with Gasteiger partial charge in [-0.3, -0.25) is 9.89 Å². The molecule has 2 heterocycles. The number of anilines is 2. The Hall–Kier alpha value is -2.83. The van der Waals surface area contributed by atoms with E-state index in [1.54, 1.807) is 18.3 Å². The van der Waals surface area contributed by atoms with Crippen LogP contribution < -0.4 is 16.6 Å². The molecule has 1 atom stereocenters. The van der Waals surface area contributed by atoms with E-state index in [2.05, 4.69) is 25.5 Å². The largest absolute Gasteiger partial charge is 0.397 e. The van der Waals surface area contributed by atoms with E-state index in [9.17, 15) is 4.79 Å². The minimum Gasteiger partial charge on any atom is -0.397 e. The predicted octanol–water partition coefficient (Wildman–Crippen LogP) is 1.40. The maximum atomic E-state index is 11.7. The average molecular weight is 270 g/mol. The number of hydrogen-bond donors (Lipinski definition) is 4. The van der Waals surface area contributed by atoms with Gasteiger partial charge in [0.15, 0.2) is 0 Å². The van der Waals surface area contributed by atoms with E-state index < -0.39 is 0 Å². The van der Waals surface area contributed by atoms with E-state index in [-0.39, 0.29) is 11.6 Å². The number of nitrogen functional groups attached to an aromatic ring is 1. The molecule has 20 heavy (non-hydrogen) atoms. The van der Waals surface area contributed by atoms with Crippen LogP contribution in [0.4, 0.5) is 11.4 Å². The molecule has 102 valence electrons. The maximum Gasteiger partial charge on any atom is 0.258 e. The molecule has 3 rings (SSSR count). The lowest BCUT2D eigenvalue weighted by atomic mass is 10.1. The van der Waals surface area contributed by atoms with Crippen molar-refractivity contribution in [3.63, 3.8) is 0 Å². The zero-order valence-electron chi connectivity index (χ0n) is 10.8. The summed E-state index contributed by atoms with van der Waals surface area (Å²) < 4.78 is 0. The van der Waals surface area contributed by atoms with Gasteiger partial charge in [-0.2, -0.15) is 5.10 Å². The van der Waals surface area contributed by atoms with Crippen molar-refractivity contribution in [3.05, 3.63) is 46.8 Å². The van der Waals surface area contributed by atoms with E-state index in [1.165, 1.54) is 6.33 Å². The first-order chi connectivity index (χ1) is 9.65. The van der Waals surface area contributed by atoms with Gasteiger partial charge in [-0.1, -0.05) is 0 Å². The minimum absolute atomic E-state index is 0.0375. The molecular formula is C13H14N6O. The first-order valence-corrected chi connectivity index (χ1v) is 6.17. The van der Waals surface area contributed by atoms with Gasteiger partial charge < -0.3 is 16.0 Å². The Morgan fingerprint density at radius 2 is 2.25 bits per heavy atom. The Morgan fingerprint density at radius 1 is 1.40 bits per heavy atom. The number of hydrogen-bond acceptors (Lipinski definition) is 5. The monoisotopic (exact) mass is 270 g/mol. The number of benzene rings is 1. The summed E-state index contributed by atoms with van der Waals surface area (Å²) in [5.74, 6) is 0. The van der Waals surface area contributed by atoms with Crippen LogP contribution in [0.25, 0.3) is 10.9 Å². The highest BCUT2D eigenvalue weighted by molar-refractivity contribution is 5.88. The van der Waals surface area contributed by atoms with Gasteiger partial charge >= 0.3 is 0 Å². The van der Waals surface area contributed by atoms with Crippen LogP contribution in [-0.4, -0.2) is 20.2 Å². The summed E-state index contributed by atoms with van der Waals surface area (Å²) in [6.07, 6.45) is 4.94. The summed E-state index contributed by atoms with van der Waals surface area (Å²) in [4.78, 5) is 18.3. The number of aromatic amines is 2. The fourth-order valence-electron chi connectivity index (χ4n) is 2.07. The molecule has 5 N–H and O–H groups in total. The smallest absolute Gasteiger partial charge is 0.258 e. The molecule has 0 aliphatic heterocycles. The molecule has 3 aromatic rings. The number of nitrogens with one attached hydrogen (secondary N) is 3. The van der Waals surface area contributed by atoms with Gasteiger partial charge in [0.05, 0.1) is 40.8 Å². The first kappa shape index (κ1) is 12.2. The Morgan fingerprint density at radius 3 is 3.00 bits per heavy atom. The number of H-pyrrole nitrogens is 2. The van der Waals surface area contributed by atoms with Crippen LogP contribution in [0.3, 0.4) is 0 Å². The van der Waals surface area contributed by atoms with Crippen LogP contribution in [0.1, 0.15) is 18.5 Å². The van der Waals surface area contributed by atoms with Crippen molar-refractivity contribution in [1.82, 2.24) is 20.2 Å². The number of fused-ring (bicyclic) bond motifs is 1. The summed E-state index contributed by atoms with van der Waals surface area (Å²) >= 11 is 0. The molecular weight excluding hydrogens is 256 g/mol. The Labute approximate surface area is 114 Å². The van der Waals surface area contributed by atoms with E-state index in [1.807, 2.05) is 13.1 Å². The third-order valence-electron chi connectivity index (χ3n) is 3.20. The van der Waals surface area contributed by atoms with Crippen LogP contribution in [0.2, 0.25) is 0 Å². The molecule has 2 aromatic heterocycles. The van der Waals surface area contributed by atoms with Crippen molar-refractivity contribution in [3.8, 4) is 0 Å². The highest BCUT2D eigenvalue weighted by Crippen LogP contribution is 2.26. The molecule has 0 radical (unpaired) electrons. The van der Waals surface area contributed by atoms with Crippen molar-refractivity contribution in [2.45, 2.75) is 13.0 Å². The second-order valence-electron chi connectivity index (χ2n) is 4.59. The van der Waals surface area contributed by atoms with Crippen molar-refractivity contribution in [2.75, 3.05) is 11.1 Å². The lowest BCUT2D eigenvalue weighted by Gasteiger charge is -2.15. The fourth-order valence-corrected chi connectivity index (χ4v) is 2.07. The molecule has 0 aliphatic rings. The molecule has 0 spiro atoms. The predicted molar refractivity (Wildman–Crippen MR) is 77.4 cm³/mol. The first-order valence-electron chi connectivity index (χ1n) is 6.17. The third kappa shape index (κ3) is 2.09. The van der Waals surface area contributed by atoms with E-state index in [0.29, 0.717) is 16.6 Å². The van der Waals surface area contributed by atoms with Crippen LogP contribution in [0.15, 0.2) is 35.6 Å². The topological polar surface area (TPSA) is 112 Å². The van der Waals surface area contributed by atoms with Crippen molar-refractivity contribution < 1.29 is 0 Å². The maximum absolute atomic E-state index is 11.7. The standard InChI is InChI=1S/C13H14N6O/c1-7(8-4-17-18-5-8)19-12-3-11-9(2-10(12)14)13(20)16-6-15-11/h2-7,19H,14H2,1H3,(H,17,18)(H,15,16,20). The molecule has 1 unspecified atom stereocenters. The molecule has 0 saturated heterocycles. The number of nitrogens with zero attached hydrogens (tertiary/aromatic N) is 2. The third-order valence-corrected chi connectivity index (χ3v) is 3.20. The second-order valence-corrected chi connectivity index (χ2v) is 4.59. The van der Waals surface area contributed by atoms with Crippen molar-refractivity contribution in [1.29, 1.82) is 0 Å². The quantitative estimate of drug-likeness (QED) is 0.537. The molecule has 7 nitrogen and oxygen atoms in total. The SMILES string of the molecule is CC(Nc1cc2nc[nH]c(=O)c2cc1N)c1cn[nH]c1. The molecule has 7 heteroatoms. The van der Waals surface area contributed by atoms with Gasteiger partial charge in [0.2, 0.25) is 0 Å². The van der Waals surface area contributed by atoms with E-state index in [4.69, 9.17) is 5.73 Å². The van der Waals surface area contributed by atoms with E-state index in [0.717, 1.165) is 11.3 Å². The zero-order chi connectivity index (χ0) is 14.1. The van der Waals surface area contributed by atoms with Crippen LogP contribution in [0, 0.1) is 0 Å². The Bertz CT molecular complexity index is 792. The van der Waals surface area contributed by atoms with Gasteiger partial charge in [0, 0.05) is 11.8 Å². The molecule has 0 aliphatic carbocycles. The average Bonchev–Trinajstić information content (AvgIpc) is 2.95. The normalized spacial score (nSPS) is 12.4. The van der Waals surface area contributed by atoms with Crippen molar-refractivity contribution in [2.24, 2.45) is 0 Å². The molecule has 0 fully saturated rings. The highest BCUT2D eigenvalue weighted by Gasteiger charge is 2.10. The van der Waals surface area contributed by atoms with Crippen molar-refractivity contribution >= 4 is 22.3 Å². The highest BCUT2D eigenvalue weighted by atomic mass is 16.1. The number of nitrogens with two attached hydrogens (primary N) is 1. The molecule has 1 aromatic carbocycles. The second kappa shape index (κ2) is 4.69. The summed E-state index contributed by atoms with van der Waals surface area (Å²) in [6.45, 7) is 2.00. The number of aromatic nitrogens is 4. The van der Waals surface area contributed by atoms with E-state index >= 15 is 0 Å². The summed E-state index contributed by atoms with van der Waals surface area (Å²) in [6, 6.07) is 3.44. The minimum atomic E-state index is -0.198. The van der Waals surface area contributed by atoms with Crippen LogP contribution >= 0.6 is 0 Å². The molecule has 0 saturated carbocycles. The van der Waals surface area contributed by atoms with Gasteiger partial charge in [-0.05, 0) is 19.1 Å². The fraction of sp³-hybridized carbons (Fsp3) is 0.154. The molecule has 0 bridgehead atoms. The summed E-state index contributed by atoms with van der Waals surface area (Å²) in [5, 5.41) is 10.4. The zero-order valence-corrected chi connectivity index (χ0v) is 10.8. The lowest BCUT2D eigenvalue weighted by Crippen LogP contribution is -2.10. The summed E-state index contributed by atoms with van der Waals surface area (Å²) in [7, 11) is 0. The molecule has 0 amide bonds. The van der Waals surface area contributed by atoms with Gasteiger partial charge in [-0.15, -0.1) is 0 Å². The van der Waals surface area contributed by atoms with Crippen LogP contribution in [0.5, 0.6) is 0 Å². The summed E-state index contributed by atoms with van der Waals surface area (Å²) in [5.41, 5.74) is 8.66. The Balaban J connectivity index is 2.00. The van der Waals surface area contributed by atoms with Gasteiger partial charge in [0.25, 0.3) is 5.56 Å². The van der Waals surface area contributed by atoms with Crippen LogP contribution in [-0.2, 0) is 0 Å². The lowest BCUT2D eigenvalue weighted by molar-refractivity contribution is 0.887. The van der Waals surface area contributed by atoms with Gasteiger partial charge in [-0.25, -0.2) is 4.98 Å².